The lowest BCUT2D eigenvalue weighted by molar-refractivity contribution is 0.495. The van der Waals surface area contributed by atoms with E-state index in [1.165, 1.54) is 22.4 Å². The molecule has 1 aliphatic rings. The molecule has 150 valence electrons. The lowest BCUT2D eigenvalue weighted by Crippen LogP contribution is -2.14. The quantitative estimate of drug-likeness (QED) is 0.614. The molecule has 0 amide bonds. The molecule has 1 unspecified atom stereocenters. The zero-order valence-corrected chi connectivity index (χ0v) is 17.9. The summed E-state index contributed by atoms with van der Waals surface area (Å²) in [4.78, 5) is 9.53. The van der Waals surface area contributed by atoms with Crippen molar-refractivity contribution in [2.75, 3.05) is 12.4 Å². The molecule has 0 radical (unpaired) electrons. The highest BCUT2D eigenvalue weighted by Crippen LogP contribution is 2.44. The topological polar surface area (TPSA) is 37.8 Å². The highest BCUT2D eigenvalue weighted by Gasteiger charge is 2.28. The molecular formula is C24H32FN3. The van der Waals surface area contributed by atoms with Gasteiger partial charge in [0, 0.05) is 24.5 Å². The van der Waals surface area contributed by atoms with Crippen LogP contribution in [0.25, 0.3) is 11.1 Å². The zero-order valence-electron chi connectivity index (χ0n) is 17.9. The maximum absolute atomic E-state index is 13.7. The largest absolute Gasteiger partial charge is 0.373 e. The van der Waals surface area contributed by atoms with Crippen molar-refractivity contribution in [2.45, 2.75) is 71.6 Å². The van der Waals surface area contributed by atoms with E-state index < -0.39 is 0 Å². The first kappa shape index (κ1) is 20.5. The van der Waals surface area contributed by atoms with Crippen LogP contribution >= 0.6 is 0 Å². The Morgan fingerprint density at radius 3 is 2.43 bits per heavy atom. The lowest BCUT2D eigenvalue weighted by atomic mass is 9.78. The Morgan fingerprint density at radius 2 is 1.86 bits per heavy atom. The van der Waals surface area contributed by atoms with E-state index in [0.717, 1.165) is 29.9 Å². The molecule has 4 heteroatoms. The van der Waals surface area contributed by atoms with Crippen LogP contribution in [0.5, 0.6) is 0 Å². The van der Waals surface area contributed by atoms with E-state index in [-0.39, 0.29) is 5.83 Å². The summed E-state index contributed by atoms with van der Waals surface area (Å²) in [7, 11) is 1.89. The van der Waals surface area contributed by atoms with Gasteiger partial charge in [0.1, 0.15) is 5.82 Å². The van der Waals surface area contributed by atoms with Gasteiger partial charge < -0.3 is 5.32 Å². The number of nitrogens with one attached hydrogen (secondary N) is 1. The van der Waals surface area contributed by atoms with Gasteiger partial charge in [0.2, 0.25) is 0 Å². The van der Waals surface area contributed by atoms with Gasteiger partial charge in [-0.25, -0.2) is 9.37 Å². The van der Waals surface area contributed by atoms with Crippen molar-refractivity contribution in [3.05, 3.63) is 52.7 Å². The summed E-state index contributed by atoms with van der Waals surface area (Å²) in [5.41, 5.74) is 7.26. The van der Waals surface area contributed by atoms with E-state index in [9.17, 15) is 4.39 Å². The zero-order chi connectivity index (χ0) is 20.4. The molecule has 1 aliphatic carbocycles. The van der Waals surface area contributed by atoms with Gasteiger partial charge in [-0.15, -0.1) is 0 Å². The number of nitrogens with zero attached hydrogens (tertiary/aromatic N) is 2. The van der Waals surface area contributed by atoms with Gasteiger partial charge in [-0.3, -0.25) is 4.98 Å². The third-order valence-corrected chi connectivity index (χ3v) is 5.72. The molecule has 0 bridgehead atoms. The van der Waals surface area contributed by atoms with Crippen molar-refractivity contribution in [3.8, 4) is 11.1 Å². The maximum Gasteiger partial charge on any atom is 0.126 e. The molecule has 1 atom stereocenters. The first-order chi connectivity index (χ1) is 13.3. The van der Waals surface area contributed by atoms with E-state index in [2.05, 4.69) is 57.1 Å². The SMILES string of the molecule is CNc1cc(-c2c(C(C)C)nc(C(C)C)c(C)c2C2CC=C(F)CC2)ccn1. The smallest absolute Gasteiger partial charge is 0.126 e. The number of pyridine rings is 2. The minimum absolute atomic E-state index is 0.0269. The van der Waals surface area contributed by atoms with Crippen LogP contribution in [-0.2, 0) is 0 Å². The monoisotopic (exact) mass is 381 g/mol. The van der Waals surface area contributed by atoms with Crippen LogP contribution < -0.4 is 5.32 Å². The normalized spacial score (nSPS) is 17.2. The molecule has 3 rings (SSSR count). The predicted octanol–water partition coefficient (Wildman–Crippen LogP) is 6.86. The molecule has 0 fully saturated rings. The van der Waals surface area contributed by atoms with Gasteiger partial charge in [0.25, 0.3) is 0 Å². The summed E-state index contributed by atoms with van der Waals surface area (Å²) in [6, 6.07) is 4.17. The van der Waals surface area contributed by atoms with Crippen LogP contribution in [0.1, 0.15) is 87.2 Å². The average Bonchev–Trinajstić information content (AvgIpc) is 2.68. The van der Waals surface area contributed by atoms with Gasteiger partial charge in [0.05, 0.1) is 11.5 Å². The van der Waals surface area contributed by atoms with E-state index in [1.807, 2.05) is 13.2 Å². The fourth-order valence-electron chi connectivity index (χ4n) is 4.31. The Kier molecular flexibility index (Phi) is 6.17. The Labute approximate surface area is 168 Å². The lowest BCUT2D eigenvalue weighted by Gasteiger charge is -2.29. The predicted molar refractivity (Wildman–Crippen MR) is 116 cm³/mol. The Bertz CT molecular complexity index is 884. The van der Waals surface area contributed by atoms with Crippen LogP contribution in [-0.4, -0.2) is 17.0 Å². The fourth-order valence-corrected chi connectivity index (χ4v) is 4.31. The molecule has 1 N–H and O–H groups in total. The first-order valence-corrected chi connectivity index (χ1v) is 10.4. The Morgan fingerprint density at radius 1 is 1.14 bits per heavy atom. The van der Waals surface area contributed by atoms with Gasteiger partial charge in [0.15, 0.2) is 0 Å². The molecule has 0 spiro atoms. The average molecular weight is 382 g/mol. The van der Waals surface area contributed by atoms with Crippen molar-refractivity contribution in [2.24, 2.45) is 0 Å². The minimum Gasteiger partial charge on any atom is -0.373 e. The van der Waals surface area contributed by atoms with Crippen molar-refractivity contribution in [1.82, 2.24) is 9.97 Å². The van der Waals surface area contributed by atoms with E-state index in [1.54, 1.807) is 6.08 Å². The van der Waals surface area contributed by atoms with Crippen molar-refractivity contribution in [1.29, 1.82) is 0 Å². The van der Waals surface area contributed by atoms with Gasteiger partial charge in [-0.1, -0.05) is 33.8 Å². The van der Waals surface area contributed by atoms with Gasteiger partial charge in [-0.2, -0.15) is 0 Å². The number of allylic oxidation sites excluding steroid dienone is 2. The van der Waals surface area contributed by atoms with Crippen LogP contribution in [0, 0.1) is 6.92 Å². The molecule has 3 nitrogen and oxygen atoms in total. The van der Waals surface area contributed by atoms with Crippen molar-refractivity contribution in [3.63, 3.8) is 0 Å². The Hall–Kier alpha value is -2.23. The molecule has 0 saturated carbocycles. The van der Waals surface area contributed by atoms with E-state index in [4.69, 9.17) is 4.98 Å². The standard InChI is InChI=1S/C24H32FN3/c1-14(2)23-16(5)21(17-7-9-19(25)10-8-17)22(24(28-23)15(3)4)18-11-12-27-20(13-18)26-6/h9,11-15,17H,7-8,10H2,1-6H3,(H,26,27). The summed E-state index contributed by atoms with van der Waals surface area (Å²) >= 11 is 0. The third-order valence-electron chi connectivity index (χ3n) is 5.72. The summed E-state index contributed by atoms with van der Waals surface area (Å²) in [6.07, 6.45) is 5.74. The highest BCUT2D eigenvalue weighted by atomic mass is 19.1. The number of rotatable bonds is 5. The van der Waals surface area contributed by atoms with E-state index >= 15 is 0 Å². The molecular weight excluding hydrogens is 349 g/mol. The summed E-state index contributed by atoms with van der Waals surface area (Å²) in [6.45, 7) is 11.0. The van der Waals surface area contributed by atoms with Crippen LogP contribution in [0.2, 0.25) is 0 Å². The summed E-state index contributed by atoms with van der Waals surface area (Å²) in [5.74, 6) is 1.84. The highest BCUT2D eigenvalue weighted by molar-refractivity contribution is 5.75. The van der Waals surface area contributed by atoms with Crippen molar-refractivity contribution < 1.29 is 4.39 Å². The number of halogens is 1. The molecule has 2 heterocycles. The van der Waals surface area contributed by atoms with Crippen LogP contribution in [0.15, 0.2) is 30.2 Å². The van der Waals surface area contributed by atoms with Crippen LogP contribution in [0.4, 0.5) is 10.2 Å². The maximum atomic E-state index is 13.7. The second-order valence-corrected chi connectivity index (χ2v) is 8.41. The third kappa shape index (κ3) is 3.96. The molecule has 2 aromatic rings. The van der Waals surface area contributed by atoms with Crippen molar-refractivity contribution >= 4 is 5.82 Å². The van der Waals surface area contributed by atoms with Gasteiger partial charge in [-0.05, 0) is 72.8 Å². The fraction of sp³-hybridized carbons (Fsp3) is 0.500. The molecule has 2 aromatic heterocycles. The minimum atomic E-state index is 0.0269. The second kappa shape index (κ2) is 8.42. The van der Waals surface area contributed by atoms with E-state index in [0.29, 0.717) is 24.2 Å². The number of anilines is 1. The number of hydrogen-bond donors (Lipinski definition) is 1. The van der Waals surface area contributed by atoms with Gasteiger partial charge >= 0.3 is 0 Å². The summed E-state index contributed by atoms with van der Waals surface area (Å²) in [5, 5.41) is 3.14. The molecule has 0 aliphatic heterocycles. The molecule has 0 aromatic carbocycles. The molecule has 28 heavy (non-hydrogen) atoms. The number of aromatic nitrogens is 2. The number of hydrogen-bond acceptors (Lipinski definition) is 3. The summed E-state index contributed by atoms with van der Waals surface area (Å²) < 4.78 is 13.7. The molecule has 0 saturated heterocycles. The second-order valence-electron chi connectivity index (χ2n) is 8.41. The first-order valence-electron chi connectivity index (χ1n) is 10.4. The Balaban J connectivity index is 2.32. The van der Waals surface area contributed by atoms with Crippen LogP contribution in [0.3, 0.4) is 0 Å².